The molecular weight excluding hydrogens is 453 g/mol. The SMILES string of the molecule is CO[C@@H]1CN(C)C(=O)c2cc(NC(=O)c3ccccc3F)ccc2OC[C@@H](C)N(C(C)=O)C[C@H]1C. The van der Waals surface area contributed by atoms with Crippen LogP contribution in [-0.4, -0.2) is 73.5 Å². The maximum absolute atomic E-state index is 14.0. The van der Waals surface area contributed by atoms with Gasteiger partial charge in [-0.1, -0.05) is 19.1 Å². The minimum Gasteiger partial charge on any atom is -0.491 e. The number of halogens is 1. The lowest BCUT2D eigenvalue weighted by Gasteiger charge is -2.35. The summed E-state index contributed by atoms with van der Waals surface area (Å²) in [6, 6.07) is 10.1. The number of carbonyl (C=O) groups excluding carboxylic acids is 3. The molecule has 0 spiro atoms. The Balaban J connectivity index is 1.95. The van der Waals surface area contributed by atoms with Crippen LogP contribution in [0.15, 0.2) is 42.5 Å². The summed E-state index contributed by atoms with van der Waals surface area (Å²) in [5.41, 5.74) is 0.461. The minimum atomic E-state index is -0.640. The lowest BCUT2D eigenvalue weighted by molar-refractivity contribution is -0.133. The van der Waals surface area contributed by atoms with Crippen molar-refractivity contribution in [2.75, 3.05) is 39.2 Å². The number of hydrogen-bond acceptors (Lipinski definition) is 5. The summed E-state index contributed by atoms with van der Waals surface area (Å²) in [5, 5.41) is 2.65. The molecule has 0 fully saturated rings. The summed E-state index contributed by atoms with van der Waals surface area (Å²) in [6.07, 6.45) is -0.300. The topological polar surface area (TPSA) is 88.2 Å². The number of ether oxygens (including phenoxy) is 2. The van der Waals surface area contributed by atoms with E-state index in [0.29, 0.717) is 24.5 Å². The quantitative estimate of drug-likeness (QED) is 0.720. The predicted octanol–water partition coefficient (Wildman–Crippen LogP) is 3.43. The van der Waals surface area contributed by atoms with Gasteiger partial charge < -0.3 is 24.6 Å². The molecule has 1 heterocycles. The number of methoxy groups -OCH3 is 1. The maximum atomic E-state index is 14.0. The van der Waals surface area contributed by atoms with Gasteiger partial charge in [0.15, 0.2) is 0 Å². The molecule has 35 heavy (non-hydrogen) atoms. The average Bonchev–Trinajstić information content (AvgIpc) is 2.83. The first-order valence-corrected chi connectivity index (χ1v) is 11.5. The molecule has 9 heteroatoms. The van der Waals surface area contributed by atoms with Crippen LogP contribution in [0.2, 0.25) is 0 Å². The molecule has 0 aliphatic carbocycles. The molecule has 188 valence electrons. The molecule has 2 aromatic rings. The second kappa shape index (κ2) is 11.3. The summed E-state index contributed by atoms with van der Waals surface area (Å²) in [7, 11) is 3.24. The molecule has 1 aliphatic rings. The highest BCUT2D eigenvalue weighted by atomic mass is 19.1. The second-order valence-electron chi connectivity index (χ2n) is 8.91. The third-order valence-electron chi connectivity index (χ3n) is 6.23. The zero-order valence-electron chi connectivity index (χ0n) is 20.7. The zero-order chi connectivity index (χ0) is 25.7. The third-order valence-corrected chi connectivity index (χ3v) is 6.23. The first-order chi connectivity index (χ1) is 16.6. The van der Waals surface area contributed by atoms with Gasteiger partial charge in [-0.15, -0.1) is 0 Å². The van der Waals surface area contributed by atoms with E-state index in [2.05, 4.69) is 5.32 Å². The first-order valence-electron chi connectivity index (χ1n) is 11.5. The largest absolute Gasteiger partial charge is 0.491 e. The Labute approximate surface area is 205 Å². The van der Waals surface area contributed by atoms with Crippen LogP contribution in [0.3, 0.4) is 0 Å². The average molecular weight is 486 g/mol. The van der Waals surface area contributed by atoms with Gasteiger partial charge in [0.25, 0.3) is 11.8 Å². The van der Waals surface area contributed by atoms with E-state index in [1.807, 2.05) is 13.8 Å². The minimum absolute atomic E-state index is 0.0353. The van der Waals surface area contributed by atoms with Gasteiger partial charge in [-0.25, -0.2) is 4.39 Å². The number of nitrogens with zero attached hydrogens (tertiary/aromatic N) is 2. The Morgan fingerprint density at radius 1 is 1.14 bits per heavy atom. The fraction of sp³-hybridized carbons (Fsp3) is 0.423. The van der Waals surface area contributed by atoms with Crippen molar-refractivity contribution in [3.8, 4) is 5.75 Å². The number of benzene rings is 2. The highest BCUT2D eigenvalue weighted by Crippen LogP contribution is 2.27. The molecule has 1 N–H and O–H groups in total. The summed E-state index contributed by atoms with van der Waals surface area (Å²) in [4.78, 5) is 41.6. The van der Waals surface area contributed by atoms with Crippen molar-refractivity contribution in [1.82, 2.24) is 9.80 Å². The van der Waals surface area contributed by atoms with Crippen LogP contribution >= 0.6 is 0 Å². The lowest BCUT2D eigenvalue weighted by Crippen LogP contribution is -2.48. The summed E-state index contributed by atoms with van der Waals surface area (Å²) < 4.78 is 25.7. The molecule has 0 aromatic heterocycles. The standard InChI is InChI=1S/C26H32FN3O5/c1-16-13-30(18(3)31)17(2)15-35-23-11-10-19(28-25(32)20-8-6-7-9-22(20)27)12-21(23)26(33)29(4)14-24(16)34-5/h6-12,16-17,24H,13-15H2,1-5H3,(H,28,32)/t16-,17-,24-/m1/s1. The number of fused-ring (bicyclic) bond motifs is 1. The molecule has 1 aliphatic heterocycles. The summed E-state index contributed by atoms with van der Waals surface area (Å²) >= 11 is 0. The number of rotatable bonds is 3. The Morgan fingerprint density at radius 2 is 1.86 bits per heavy atom. The van der Waals surface area contributed by atoms with Gasteiger partial charge >= 0.3 is 0 Å². The van der Waals surface area contributed by atoms with Gasteiger partial charge in [0.05, 0.1) is 23.3 Å². The second-order valence-corrected chi connectivity index (χ2v) is 8.91. The molecule has 0 radical (unpaired) electrons. The van der Waals surface area contributed by atoms with Crippen molar-refractivity contribution in [2.24, 2.45) is 5.92 Å². The van der Waals surface area contributed by atoms with Crippen LogP contribution in [0, 0.1) is 11.7 Å². The third kappa shape index (κ3) is 6.16. The van der Waals surface area contributed by atoms with Crippen LogP contribution in [-0.2, 0) is 9.53 Å². The zero-order valence-corrected chi connectivity index (χ0v) is 20.7. The van der Waals surface area contributed by atoms with Crippen molar-refractivity contribution in [2.45, 2.75) is 32.9 Å². The van der Waals surface area contributed by atoms with Crippen molar-refractivity contribution in [3.05, 3.63) is 59.4 Å². The number of amides is 3. The number of hydrogen-bond donors (Lipinski definition) is 1. The van der Waals surface area contributed by atoms with E-state index in [1.54, 1.807) is 37.3 Å². The van der Waals surface area contributed by atoms with Crippen LogP contribution in [0.5, 0.6) is 5.75 Å². The van der Waals surface area contributed by atoms with Crippen molar-refractivity contribution >= 4 is 23.4 Å². The van der Waals surface area contributed by atoms with Gasteiger partial charge in [-0.2, -0.15) is 0 Å². The summed E-state index contributed by atoms with van der Waals surface area (Å²) in [5.74, 6) is -1.37. The Bertz CT molecular complexity index is 1090. The van der Waals surface area contributed by atoms with E-state index < -0.39 is 11.7 Å². The van der Waals surface area contributed by atoms with Gasteiger partial charge in [0.1, 0.15) is 18.2 Å². The number of nitrogens with one attached hydrogen (secondary N) is 1. The van der Waals surface area contributed by atoms with Crippen molar-refractivity contribution in [3.63, 3.8) is 0 Å². The predicted molar refractivity (Wildman–Crippen MR) is 130 cm³/mol. The molecule has 3 atom stereocenters. The van der Waals surface area contributed by atoms with E-state index in [9.17, 15) is 18.8 Å². The Hall–Kier alpha value is -3.46. The molecule has 0 unspecified atom stereocenters. The van der Waals surface area contributed by atoms with E-state index >= 15 is 0 Å². The smallest absolute Gasteiger partial charge is 0.258 e. The van der Waals surface area contributed by atoms with Crippen molar-refractivity contribution < 1.29 is 28.2 Å². The Morgan fingerprint density at radius 3 is 2.51 bits per heavy atom. The number of anilines is 1. The molecule has 3 rings (SSSR count). The van der Waals surface area contributed by atoms with Gasteiger partial charge in [-0.05, 0) is 37.3 Å². The van der Waals surface area contributed by atoms with E-state index in [4.69, 9.17) is 9.47 Å². The molecule has 0 saturated heterocycles. The Kier molecular flexibility index (Phi) is 8.45. The highest BCUT2D eigenvalue weighted by molar-refractivity contribution is 6.05. The molecule has 2 aromatic carbocycles. The maximum Gasteiger partial charge on any atom is 0.258 e. The molecule has 3 amide bonds. The molecule has 0 saturated carbocycles. The summed E-state index contributed by atoms with van der Waals surface area (Å²) in [6.45, 7) is 6.32. The molecular formula is C26H32FN3O5. The normalized spacial score (nSPS) is 21.3. The van der Waals surface area contributed by atoms with Crippen LogP contribution < -0.4 is 10.1 Å². The number of likely N-dealkylation sites (N-methyl/N-ethyl adjacent to an activating group) is 1. The molecule has 0 bridgehead atoms. The van der Waals surface area contributed by atoms with E-state index in [0.717, 1.165) is 0 Å². The first kappa shape index (κ1) is 26.2. The van der Waals surface area contributed by atoms with E-state index in [1.165, 1.54) is 36.1 Å². The lowest BCUT2D eigenvalue weighted by atomic mass is 10.0. The van der Waals surface area contributed by atoms with Crippen LogP contribution in [0.1, 0.15) is 41.5 Å². The molecule has 8 nitrogen and oxygen atoms in total. The monoisotopic (exact) mass is 485 g/mol. The van der Waals surface area contributed by atoms with Gasteiger partial charge in [-0.3, -0.25) is 14.4 Å². The van der Waals surface area contributed by atoms with Crippen molar-refractivity contribution in [1.29, 1.82) is 0 Å². The number of carbonyl (C=O) groups is 3. The fourth-order valence-electron chi connectivity index (χ4n) is 4.14. The fourth-order valence-corrected chi connectivity index (χ4v) is 4.14. The van der Waals surface area contributed by atoms with Crippen LogP contribution in [0.4, 0.5) is 10.1 Å². The van der Waals surface area contributed by atoms with E-state index in [-0.39, 0.29) is 47.6 Å². The van der Waals surface area contributed by atoms with Gasteiger partial charge in [0, 0.05) is 45.8 Å². The van der Waals surface area contributed by atoms with Crippen LogP contribution in [0.25, 0.3) is 0 Å². The van der Waals surface area contributed by atoms with Gasteiger partial charge in [0.2, 0.25) is 5.91 Å². The highest BCUT2D eigenvalue weighted by Gasteiger charge is 2.29.